The van der Waals surface area contributed by atoms with Crippen LogP contribution in [0.25, 0.3) is 0 Å². The van der Waals surface area contributed by atoms with Gasteiger partial charge in [-0.25, -0.2) is 0 Å². The van der Waals surface area contributed by atoms with Crippen LogP contribution in [-0.2, 0) is 16.1 Å². The Labute approximate surface area is 128 Å². The minimum Gasteiger partial charge on any atom is -0.380 e. The van der Waals surface area contributed by atoms with Gasteiger partial charge in [0.1, 0.15) is 6.04 Å². The Balaban J connectivity index is 2.29. The summed E-state index contributed by atoms with van der Waals surface area (Å²) in [6.45, 7) is 0.478. The second kappa shape index (κ2) is 7.11. The predicted octanol–water partition coefficient (Wildman–Crippen LogP) is 3.12. The van der Waals surface area contributed by atoms with E-state index < -0.39 is 11.9 Å². The Hall–Kier alpha value is -2.04. The lowest BCUT2D eigenvalue weighted by Crippen LogP contribution is -2.27. The fourth-order valence-electron chi connectivity index (χ4n) is 2.08. The molecular formula is C16H17ClN2O2. The highest BCUT2D eigenvalue weighted by Gasteiger charge is 2.18. The third-order valence-corrected chi connectivity index (χ3v) is 3.38. The first-order valence-electron chi connectivity index (χ1n) is 6.50. The standard InChI is InChI=1S/C16H17ClN2O2/c1-21-10-11-5-4-6-12(9-11)15(16(18)20)19-14-8-3-2-7-13(14)17/h2-9,15,19H,10H2,1H3,(H2,18,20). The van der Waals surface area contributed by atoms with Crippen molar-refractivity contribution >= 4 is 23.2 Å². The third-order valence-electron chi connectivity index (χ3n) is 3.05. The van der Waals surface area contributed by atoms with Crippen LogP contribution in [0.3, 0.4) is 0 Å². The average molecular weight is 305 g/mol. The van der Waals surface area contributed by atoms with E-state index in [0.717, 1.165) is 11.1 Å². The molecule has 4 nitrogen and oxygen atoms in total. The molecule has 5 heteroatoms. The highest BCUT2D eigenvalue weighted by Crippen LogP contribution is 2.26. The molecule has 110 valence electrons. The number of carbonyl (C=O) groups excluding carboxylic acids is 1. The predicted molar refractivity (Wildman–Crippen MR) is 84.2 cm³/mol. The maximum Gasteiger partial charge on any atom is 0.244 e. The molecule has 21 heavy (non-hydrogen) atoms. The zero-order valence-electron chi connectivity index (χ0n) is 11.7. The number of hydrogen-bond acceptors (Lipinski definition) is 3. The van der Waals surface area contributed by atoms with Crippen LogP contribution >= 0.6 is 11.6 Å². The summed E-state index contributed by atoms with van der Waals surface area (Å²) in [7, 11) is 1.63. The number of methoxy groups -OCH3 is 1. The van der Waals surface area contributed by atoms with Gasteiger partial charge < -0.3 is 15.8 Å². The minimum atomic E-state index is -0.651. The second-order valence-electron chi connectivity index (χ2n) is 4.64. The van der Waals surface area contributed by atoms with Crippen molar-refractivity contribution in [3.63, 3.8) is 0 Å². The number of primary amides is 1. The summed E-state index contributed by atoms with van der Waals surface area (Å²) in [6.07, 6.45) is 0. The highest BCUT2D eigenvalue weighted by molar-refractivity contribution is 6.33. The molecule has 0 aliphatic rings. The number of rotatable bonds is 6. The summed E-state index contributed by atoms with van der Waals surface area (Å²) in [5.41, 5.74) is 7.93. The number of amides is 1. The molecule has 3 N–H and O–H groups in total. The number of anilines is 1. The van der Waals surface area contributed by atoms with Gasteiger partial charge in [0.2, 0.25) is 5.91 Å². The van der Waals surface area contributed by atoms with Crippen LogP contribution in [0.2, 0.25) is 5.02 Å². The molecular weight excluding hydrogens is 288 g/mol. The van der Waals surface area contributed by atoms with Gasteiger partial charge in [-0.15, -0.1) is 0 Å². The number of hydrogen-bond donors (Lipinski definition) is 2. The van der Waals surface area contributed by atoms with Crippen molar-refractivity contribution in [1.82, 2.24) is 0 Å². The lowest BCUT2D eigenvalue weighted by atomic mass is 10.0. The average Bonchev–Trinajstić information content (AvgIpc) is 2.46. The molecule has 0 radical (unpaired) electrons. The molecule has 2 aromatic rings. The summed E-state index contributed by atoms with van der Waals surface area (Å²) in [5, 5.41) is 3.62. The van der Waals surface area contributed by atoms with Gasteiger partial charge in [0.05, 0.1) is 17.3 Å². The zero-order valence-corrected chi connectivity index (χ0v) is 12.4. The maximum absolute atomic E-state index is 11.8. The first-order chi connectivity index (χ1) is 10.1. The van der Waals surface area contributed by atoms with Crippen LogP contribution in [0.1, 0.15) is 17.2 Å². The zero-order chi connectivity index (χ0) is 15.2. The van der Waals surface area contributed by atoms with Crippen molar-refractivity contribution in [3.05, 3.63) is 64.7 Å². The van der Waals surface area contributed by atoms with Gasteiger partial charge >= 0.3 is 0 Å². The summed E-state index contributed by atoms with van der Waals surface area (Å²) >= 11 is 6.11. The molecule has 0 fully saturated rings. The van der Waals surface area contributed by atoms with E-state index in [1.165, 1.54) is 0 Å². The lowest BCUT2D eigenvalue weighted by molar-refractivity contribution is -0.118. The van der Waals surface area contributed by atoms with Gasteiger partial charge in [0.25, 0.3) is 0 Å². The molecule has 0 heterocycles. The SMILES string of the molecule is COCc1cccc(C(Nc2ccccc2Cl)C(N)=O)c1. The molecule has 0 saturated carbocycles. The number of nitrogens with two attached hydrogens (primary N) is 1. The van der Waals surface area contributed by atoms with Gasteiger partial charge in [0, 0.05) is 7.11 Å². The van der Waals surface area contributed by atoms with Crippen molar-refractivity contribution in [3.8, 4) is 0 Å². The number of ether oxygens (including phenoxy) is 1. The Morgan fingerprint density at radius 3 is 2.71 bits per heavy atom. The smallest absolute Gasteiger partial charge is 0.244 e. The van der Waals surface area contributed by atoms with E-state index >= 15 is 0 Å². The molecule has 1 unspecified atom stereocenters. The molecule has 0 aliphatic heterocycles. The highest BCUT2D eigenvalue weighted by atomic mass is 35.5. The topological polar surface area (TPSA) is 64.3 Å². The third kappa shape index (κ3) is 3.97. The lowest BCUT2D eigenvalue weighted by Gasteiger charge is -2.18. The van der Waals surface area contributed by atoms with Gasteiger partial charge in [-0.05, 0) is 23.3 Å². The Morgan fingerprint density at radius 2 is 2.05 bits per heavy atom. The van der Waals surface area contributed by atoms with E-state index in [0.29, 0.717) is 17.3 Å². The molecule has 0 bridgehead atoms. The molecule has 1 atom stereocenters. The number of benzene rings is 2. The van der Waals surface area contributed by atoms with E-state index in [1.54, 1.807) is 19.2 Å². The van der Waals surface area contributed by atoms with E-state index in [9.17, 15) is 4.79 Å². The van der Waals surface area contributed by atoms with Crippen molar-refractivity contribution in [2.24, 2.45) is 5.73 Å². The number of nitrogens with one attached hydrogen (secondary N) is 1. The molecule has 2 aromatic carbocycles. The molecule has 0 saturated heterocycles. The van der Waals surface area contributed by atoms with Gasteiger partial charge in [-0.3, -0.25) is 4.79 Å². The van der Waals surface area contributed by atoms with Crippen molar-refractivity contribution in [2.45, 2.75) is 12.6 Å². The number of para-hydroxylation sites is 1. The van der Waals surface area contributed by atoms with Crippen LogP contribution in [0, 0.1) is 0 Å². The number of carbonyl (C=O) groups is 1. The van der Waals surface area contributed by atoms with Crippen molar-refractivity contribution in [2.75, 3.05) is 12.4 Å². The molecule has 0 spiro atoms. The van der Waals surface area contributed by atoms with Crippen molar-refractivity contribution < 1.29 is 9.53 Å². The second-order valence-corrected chi connectivity index (χ2v) is 5.04. The van der Waals surface area contributed by atoms with Gasteiger partial charge in [-0.1, -0.05) is 48.0 Å². The minimum absolute atomic E-state index is 0.468. The van der Waals surface area contributed by atoms with Gasteiger partial charge in [0.15, 0.2) is 0 Å². The first kappa shape index (κ1) is 15.4. The normalized spacial score (nSPS) is 11.9. The van der Waals surface area contributed by atoms with Crippen LogP contribution in [0.4, 0.5) is 5.69 Å². The van der Waals surface area contributed by atoms with Crippen LogP contribution < -0.4 is 11.1 Å². The molecule has 1 amide bonds. The van der Waals surface area contributed by atoms with E-state index in [2.05, 4.69) is 5.32 Å². The Kier molecular flexibility index (Phi) is 5.20. The van der Waals surface area contributed by atoms with Crippen LogP contribution in [0.5, 0.6) is 0 Å². The van der Waals surface area contributed by atoms with E-state index in [1.807, 2.05) is 36.4 Å². The maximum atomic E-state index is 11.8. The fraction of sp³-hybridized carbons (Fsp3) is 0.188. The van der Waals surface area contributed by atoms with Crippen LogP contribution in [-0.4, -0.2) is 13.0 Å². The molecule has 0 aromatic heterocycles. The Bertz CT molecular complexity index is 631. The van der Waals surface area contributed by atoms with Crippen molar-refractivity contribution in [1.29, 1.82) is 0 Å². The number of halogens is 1. The fourth-order valence-corrected chi connectivity index (χ4v) is 2.27. The van der Waals surface area contributed by atoms with Gasteiger partial charge in [-0.2, -0.15) is 0 Å². The summed E-state index contributed by atoms with van der Waals surface area (Å²) < 4.78 is 5.10. The van der Waals surface area contributed by atoms with E-state index in [-0.39, 0.29) is 0 Å². The van der Waals surface area contributed by atoms with Crippen LogP contribution in [0.15, 0.2) is 48.5 Å². The Morgan fingerprint density at radius 1 is 1.29 bits per heavy atom. The summed E-state index contributed by atoms with van der Waals surface area (Å²) in [5.74, 6) is -0.468. The summed E-state index contributed by atoms with van der Waals surface area (Å²) in [4.78, 5) is 11.8. The molecule has 2 rings (SSSR count). The molecule has 0 aliphatic carbocycles. The largest absolute Gasteiger partial charge is 0.380 e. The van der Waals surface area contributed by atoms with E-state index in [4.69, 9.17) is 22.1 Å². The monoisotopic (exact) mass is 304 g/mol. The first-order valence-corrected chi connectivity index (χ1v) is 6.87. The quantitative estimate of drug-likeness (QED) is 0.862. The summed E-state index contributed by atoms with van der Waals surface area (Å²) in [6, 6.07) is 14.1.